The van der Waals surface area contributed by atoms with E-state index in [4.69, 9.17) is 12.2 Å². The second kappa shape index (κ2) is 7.42. The molecule has 0 aromatic heterocycles. The lowest BCUT2D eigenvalue weighted by Gasteiger charge is -2.13. The zero-order valence-corrected chi connectivity index (χ0v) is 14.5. The molecule has 1 amide bonds. The van der Waals surface area contributed by atoms with Crippen molar-refractivity contribution in [1.29, 1.82) is 0 Å². The third kappa shape index (κ3) is 3.84. The summed E-state index contributed by atoms with van der Waals surface area (Å²) >= 11 is 6.44. The number of thiocarbonyl (C=S) groups is 1. The SMILES string of the molecule is O=C1C(=CC=Cc2ccccc2)SC(=S)N1c1cccc([N+](=O)[O-])c1. The summed E-state index contributed by atoms with van der Waals surface area (Å²) in [4.78, 5) is 24.8. The maximum absolute atomic E-state index is 12.6. The molecule has 2 aromatic carbocycles. The van der Waals surface area contributed by atoms with E-state index in [2.05, 4.69) is 0 Å². The number of anilines is 1. The number of allylic oxidation sites excluding steroid dienone is 2. The second-order valence-corrected chi connectivity index (χ2v) is 6.76. The molecule has 0 aliphatic carbocycles. The van der Waals surface area contributed by atoms with Crippen LogP contribution in [-0.2, 0) is 4.79 Å². The molecule has 2 aromatic rings. The Morgan fingerprint density at radius 3 is 2.60 bits per heavy atom. The maximum Gasteiger partial charge on any atom is 0.271 e. The number of nitrogens with zero attached hydrogens (tertiary/aromatic N) is 2. The summed E-state index contributed by atoms with van der Waals surface area (Å²) in [6.07, 6.45) is 5.37. The van der Waals surface area contributed by atoms with Crippen LogP contribution in [0.15, 0.2) is 71.7 Å². The van der Waals surface area contributed by atoms with Crippen LogP contribution in [0.3, 0.4) is 0 Å². The minimum atomic E-state index is -0.500. The Labute approximate surface area is 153 Å². The first-order chi connectivity index (χ1) is 12.1. The third-order valence-corrected chi connectivity index (χ3v) is 4.75. The van der Waals surface area contributed by atoms with Gasteiger partial charge in [-0.05, 0) is 17.7 Å². The zero-order valence-electron chi connectivity index (χ0n) is 12.9. The monoisotopic (exact) mass is 368 g/mol. The Bertz CT molecular complexity index is 908. The van der Waals surface area contributed by atoms with Crippen LogP contribution < -0.4 is 4.90 Å². The molecular formula is C18H12N2O3S2. The number of nitro benzene ring substituents is 1. The lowest BCUT2D eigenvalue weighted by atomic mass is 10.2. The smallest absolute Gasteiger partial charge is 0.268 e. The number of hydrogen-bond donors (Lipinski definition) is 0. The highest BCUT2D eigenvalue weighted by Gasteiger charge is 2.33. The van der Waals surface area contributed by atoms with E-state index < -0.39 is 4.92 Å². The van der Waals surface area contributed by atoms with Gasteiger partial charge in [0.05, 0.1) is 15.5 Å². The van der Waals surface area contributed by atoms with E-state index in [1.807, 2.05) is 36.4 Å². The molecule has 1 aliphatic rings. The molecule has 1 heterocycles. The highest BCUT2D eigenvalue weighted by Crippen LogP contribution is 2.35. The van der Waals surface area contributed by atoms with Crippen molar-refractivity contribution in [3.8, 4) is 0 Å². The summed E-state index contributed by atoms with van der Waals surface area (Å²) in [6.45, 7) is 0. The first-order valence-corrected chi connectivity index (χ1v) is 8.53. The van der Waals surface area contributed by atoms with E-state index in [1.165, 1.54) is 34.9 Å². The number of amides is 1. The van der Waals surface area contributed by atoms with Gasteiger partial charge in [0.1, 0.15) is 0 Å². The van der Waals surface area contributed by atoms with E-state index in [-0.39, 0.29) is 11.6 Å². The van der Waals surface area contributed by atoms with E-state index in [0.29, 0.717) is 14.9 Å². The van der Waals surface area contributed by atoms with Gasteiger partial charge >= 0.3 is 0 Å². The van der Waals surface area contributed by atoms with Crippen LogP contribution in [0.25, 0.3) is 6.08 Å². The molecule has 124 valence electrons. The maximum atomic E-state index is 12.6. The van der Waals surface area contributed by atoms with Crippen molar-refractivity contribution >= 4 is 51.7 Å². The average Bonchev–Trinajstić information content (AvgIpc) is 2.90. The van der Waals surface area contributed by atoms with Gasteiger partial charge in [-0.3, -0.25) is 19.8 Å². The molecule has 5 nitrogen and oxygen atoms in total. The highest BCUT2D eigenvalue weighted by molar-refractivity contribution is 8.27. The number of non-ortho nitro benzene ring substituents is 1. The van der Waals surface area contributed by atoms with Crippen LogP contribution >= 0.6 is 24.0 Å². The molecule has 3 rings (SSSR count). The van der Waals surface area contributed by atoms with Gasteiger partial charge < -0.3 is 0 Å². The summed E-state index contributed by atoms with van der Waals surface area (Å²) in [5.74, 6) is -0.284. The summed E-state index contributed by atoms with van der Waals surface area (Å²) in [5.41, 5.74) is 1.33. The van der Waals surface area contributed by atoms with Gasteiger partial charge in [-0.15, -0.1) is 0 Å². The fourth-order valence-electron chi connectivity index (χ4n) is 2.26. The van der Waals surface area contributed by atoms with E-state index in [0.717, 1.165) is 5.56 Å². The van der Waals surface area contributed by atoms with E-state index in [9.17, 15) is 14.9 Å². The van der Waals surface area contributed by atoms with Gasteiger partial charge in [-0.2, -0.15) is 0 Å². The summed E-state index contributed by atoms with van der Waals surface area (Å²) < 4.78 is 0.352. The fourth-order valence-corrected chi connectivity index (χ4v) is 3.51. The summed E-state index contributed by atoms with van der Waals surface area (Å²) in [5, 5.41) is 10.9. The number of benzene rings is 2. The number of carbonyl (C=O) groups is 1. The molecular weight excluding hydrogens is 356 g/mol. The Morgan fingerprint density at radius 1 is 1.12 bits per heavy atom. The molecule has 0 N–H and O–H groups in total. The van der Waals surface area contributed by atoms with Gasteiger partial charge in [0, 0.05) is 12.1 Å². The molecule has 0 saturated carbocycles. The van der Waals surface area contributed by atoms with E-state index >= 15 is 0 Å². The van der Waals surface area contributed by atoms with Crippen molar-refractivity contribution in [2.24, 2.45) is 0 Å². The minimum absolute atomic E-state index is 0.0838. The molecule has 0 atom stereocenters. The molecule has 7 heteroatoms. The molecule has 1 fully saturated rings. The van der Waals surface area contributed by atoms with Crippen LogP contribution in [0.1, 0.15) is 5.56 Å². The van der Waals surface area contributed by atoms with Gasteiger partial charge in [0.2, 0.25) is 0 Å². The Kier molecular flexibility index (Phi) is 5.06. The molecule has 1 aliphatic heterocycles. The average molecular weight is 368 g/mol. The number of nitro groups is 1. The van der Waals surface area contributed by atoms with Crippen LogP contribution in [-0.4, -0.2) is 15.2 Å². The van der Waals surface area contributed by atoms with Gasteiger partial charge in [-0.1, -0.05) is 72.5 Å². The first-order valence-electron chi connectivity index (χ1n) is 7.30. The van der Waals surface area contributed by atoms with Crippen LogP contribution in [0.2, 0.25) is 0 Å². The lowest BCUT2D eigenvalue weighted by Crippen LogP contribution is -2.27. The predicted molar refractivity (Wildman–Crippen MR) is 104 cm³/mol. The molecule has 1 saturated heterocycles. The third-order valence-electron chi connectivity index (χ3n) is 3.43. The van der Waals surface area contributed by atoms with Gasteiger partial charge in [0.25, 0.3) is 11.6 Å². The van der Waals surface area contributed by atoms with Crippen molar-refractivity contribution in [3.63, 3.8) is 0 Å². The fraction of sp³-hybridized carbons (Fsp3) is 0. The Balaban J connectivity index is 1.83. The second-order valence-electron chi connectivity index (χ2n) is 5.09. The Morgan fingerprint density at radius 2 is 1.88 bits per heavy atom. The number of rotatable bonds is 4. The molecule has 0 unspecified atom stereocenters. The summed E-state index contributed by atoms with van der Waals surface area (Å²) in [7, 11) is 0. The first kappa shape index (κ1) is 17.1. The molecule has 25 heavy (non-hydrogen) atoms. The van der Waals surface area contributed by atoms with Gasteiger partial charge in [-0.25, -0.2) is 0 Å². The largest absolute Gasteiger partial charge is 0.271 e. The topological polar surface area (TPSA) is 63.5 Å². The summed E-state index contributed by atoms with van der Waals surface area (Å²) in [6, 6.07) is 15.6. The normalized spacial score (nSPS) is 16.2. The number of carbonyl (C=O) groups excluding carboxylic acids is 1. The quantitative estimate of drug-likeness (QED) is 0.343. The highest BCUT2D eigenvalue weighted by atomic mass is 32.2. The standard InChI is InChI=1S/C18H12N2O3S2/c21-17-16(11-4-8-13-6-2-1-3-7-13)25-18(24)19(17)14-9-5-10-15(12-14)20(22)23/h1-12H. The number of hydrogen-bond acceptors (Lipinski definition) is 5. The van der Waals surface area contributed by atoms with Crippen LogP contribution in [0.4, 0.5) is 11.4 Å². The van der Waals surface area contributed by atoms with Gasteiger partial charge in [0.15, 0.2) is 4.32 Å². The zero-order chi connectivity index (χ0) is 17.8. The molecule has 0 radical (unpaired) electrons. The van der Waals surface area contributed by atoms with Crippen LogP contribution in [0, 0.1) is 10.1 Å². The van der Waals surface area contributed by atoms with E-state index in [1.54, 1.807) is 18.2 Å². The predicted octanol–water partition coefficient (Wildman–Crippen LogP) is 4.56. The molecule has 0 bridgehead atoms. The van der Waals surface area contributed by atoms with Crippen molar-refractivity contribution < 1.29 is 9.72 Å². The lowest BCUT2D eigenvalue weighted by molar-refractivity contribution is -0.384. The van der Waals surface area contributed by atoms with Crippen molar-refractivity contribution in [2.75, 3.05) is 4.90 Å². The number of thioether (sulfide) groups is 1. The van der Waals surface area contributed by atoms with Crippen molar-refractivity contribution in [2.45, 2.75) is 0 Å². The van der Waals surface area contributed by atoms with Crippen molar-refractivity contribution in [3.05, 3.63) is 87.3 Å². The molecule has 0 spiro atoms. The van der Waals surface area contributed by atoms with Crippen molar-refractivity contribution in [1.82, 2.24) is 0 Å². The Hall–Kier alpha value is -2.77. The van der Waals surface area contributed by atoms with Crippen LogP contribution in [0.5, 0.6) is 0 Å². The minimum Gasteiger partial charge on any atom is -0.268 e.